The van der Waals surface area contributed by atoms with Gasteiger partial charge >= 0.3 is 6.03 Å². The Morgan fingerprint density at radius 2 is 1.83 bits per heavy atom. The largest absolute Gasteiger partial charge is 0.748 e. The highest BCUT2D eigenvalue weighted by Gasteiger charge is 2.14. The second-order valence-electron chi connectivity index (χ2n) is 4.70. The summed E-state index contributed by atoms with van der Waals surface area (Å²) in [4.78, 5) is 12.7. The fourth-order valence-electron chi connectivity index (χ4n) is 1.52. The lowest BCUT2D eigenvalue weighted by Gasteiger charge is -2.30. The van der Waals surface area contributed by atoms with Crippen molar-refractivity contribution in [2.24, 2.45) is 0 Å². The lowest BCUT2D eigenvalue weighted by Crippen LogP contribution is -2.43. The molecule has 0 unspecified atom stereocenters. The third kappa shape index (κ3) is 10.6. The van der Waals surface area contributed by atoms with Gasteiger partial charge in [0.15, 0.2) is 0 Å². The molecular weight excluding hydrogens is 282 g/mol. The molecule has 9 heteroatoms. The molecule has 0 aromatic carbocycles. The molecule has 0 heterocycles. The zero-order valence-electron chi connectivity index (χ0n) is 10.6. The van der Waals surface area contributed by atoms with Gasteiger partial charge < -0.3 is 14.4 Å². The molecule has 108 valence electrons. The predicted molar refractivity (Wildman–Crippen MR) is 68.0 cm³/mol. The van der Waals surface area contributed by atoms with E-state index in [1.807, 2.05) is 18.9 Å². The van der Waals surface area contributed by atoms with Crippen LogP contribution in [0.3, 0.4) is 0 Å². The van der Waals surface area contributed by atoms with E-state index < -0.39 is 16.1 Å². The number of quaternary nitrogens is 1. The Hall–Kier alpha value is -0.570. The van der Waals surface area contributed by atoms with Gasteiger partial charge in [0, 0.05) is 36.9 Å². The smallest absolute Gasteiger partial charge is 0.329 e. The molecule has 0 bridgehead atoms. The summed E-state index contributed by atoms with van der Waals surface area (Å²) in [5, 5.41) is 2.55. The number of hydrogen-bond acceptors (Lipinski definition) is 4. The van der Waals surface area contributed by atoms with E-state index in [2.05, 4.69) is 5.32 Å². The molecule has 2 N–H and O–H groups in total. The summed E-state index contributed by atoms with van der Waals surface area (Å²) in [6, 6.07) is -0.445. The number of nitrogens with zero attached hydrogens (tertiary/aromatic N) is 1. The first kappa shape index (κ1) is 17.4. The van der Waals surface area contributed by atoms with Crippen LogP contribution in [0.5, 0.6) is 0 Å². The second-order valence-corrected chi connectivity index (χ2v) is 6.41. The van der Waals surface area contributed by atoms with E-state index >= 15 is 0 Å². The molecular formula is C9H20ClN3O4S. The molecule has 0 aliphatic heterocycles. The van der Waals surface area contributed by atoms with Crippen molar-refractivity contribution < 1.29 is 22.2 Å². The molecule has 0 aliphatic rings. The van der Waals surface area contributed by atoms with Gasteiger partial charge in [-0.1, -0.05) is 0 Å². The lowest BCUT2D eigenvalue weighted by atomic mass is 10.3. The Kier molecular flexibility index (Phi) is 7.53. The summed E-state index contributed by atoms with van der Waals surface area (Å²) < 4.78 is 32.0. The maximum atomic E-state index is 10.8. The van der Waals surface area contributed by atoms with Crippen LogP contribution in [0.25, 0.3) is 0 Å². The van der Waals surface area contributed by atoms with Crippen molar-refractivity contribution in [3.63, 3.8) is 0 Å². The highest BCUT2D eigenvalue weighted by molar-refractivity contribution is 7.85. The third-order valence-corrected chi connectivity index (χ3v) is 3.43. The van der Waals surface area contributed by atoms with Gasteiger partial charge in [-0.25, -0.2) is 18.0 Å². The molecule has 0 aliphatic carbocycles. The number of urea groups is 1. The van der Waals surface area contributed by atoms with E-state index in [0.29, 0.717) is 24.0 Å². The summed E-state index contributed by atoms with van der Waals surface area (Å²) in [7, 11) is -0.239. The van der Waals surface area contributed by atoms with Gasteiger partial charge in [0.25, 0.3) is 0 Å². The zero-order chi connectivity index (χ0) is 14.2. The van der Waals surface area contributed by atoms with Crippen molar-refractivity contribution in [2.45, 2.75) is 12.8 Å². The zero-order valence-corrected chi connectivity index (χ0v) is 12.2. The number of nitrogens with one attached hydrogen (secondary N) is 2. The number of carbonyl (C=O) groups is 1. The summed E-state index contributed by atoms with van der Waals surface area (Å²) in [5.41, 5.74) is 0. The topological polar surface area (TPSA) is 98.3 Å². The molecule has 0 rings (SSSR count). The molecule has 0 spiro atoms. The number of rotatable bonds is 8. The number of carbonyl (C=O) groups excluding carboxylic acids is 1. The van der Waals surface area contributed by atoms with Crippen LogP contribution >= 0.6 is 11.8 Å². The summed E-state index contributed by atoms with van der Waals surface area (Å²) >= 11 is 5.08. The minimum Gasteiger partial charge on any atom is -0.748 e. The molecule has 0 aromatic rings. The van der Waals surface area contributed by atoms with E-state index in [4.69, 9.17) is 11.8 Å². The van der Waals surface area contributed by atoms with E-state index in [1.54, 1.807) is 0 Å². The first-order chi connectivity index (χ1) is 8.16. The molecule has 0 atom stereocenters. The van der Waals surface area contributed by atoms with Crippen molar-refractivity contribution in [1.82, 2.24) is 10.2 Å². The van der Waals surface area contributed by atoms with Gasteiger partial charge in [0.05, 0.1) is 37.3 Å². The molecule has 0 saturated heterocycles. The van der Waals surface area contributed by atoms with Crippen LogP contribution in [0, 0.1) is 0 Å². The number of hydrogen-bond donors (Lipinski definition) is 2. The quantitative estimate of drug-likeness (QED) is 0.282. The van der Waals surface area contributed by atoms with E-state index in [-0.39, 0.29) is 5.75 Å². The average Bonchev–Trinajstić information content (AvgIpc) is 2.21. The van der Waals surface area contributed by atoms with Crippen molar-refractivity contribution in [3.05, 3.63) is 0 Å². The molecule has 2 amide bonds. The summed E-state index contributed by atoms with van der Waals surface area (Å²) in [6.07, 6.45) is 1.08. The van der Waals surface area contributed by atoms with Crippen LogP contribution in [-0.4, -0.2) is 63.0 Å². The minimum absolute atomic E-state index is 0.332. The maximum Gasteiger partial charge on any atom is 0.329 e. The molecule has 7 nitrogen and oxygen atoms in total. The standard InChI is InChI=1S/C9H20ClN3O4S/c1-13(2,7-4-8-18(15,16)17)6-3-5-11-9(14)12-10/h3-8H2,1-2H3,(H2-,11,12,14,15,16,17). The summed E-state index contributed by atoms with van der Waals surface area (Å²) in [6.45, 7) is 1.85. The van der Waals surface area contributed by atoms with Crippen LogP contribution in [0.4, 0.5) is 4.79 Å². The van der Waals surface area contributed by atoms with E-state index in [0.717, 1.165) is 13.0 Å². The van der Waals surface area contributed by atoms with Crippen LogP contribution in [0.1, 0.15) is 12.8 Å². The van der Waals surface area contributed by atoms with Crippen LogP contribution < -0.4 is 10.2 Å². The Morgan fingerprint density at radius 1 is 1.28 bits per heavy atom. The van der Waals surface area contributed by atoms with Crippen molar-refractivity contribution in [2.75, 3.05) is 39.5 Å². The molecule has 0 aromatic heterocycles. The molecule has 0 saturated carbocycles. The van der Waals surface area contributed by atoms with Gasteiger partial charge in [0.2, 0.25) is 0 Å². The van der Waals surface area contributed by atoms with Crippen LogP contribution in [-0.2, 0) is 10.1 Å². The molecule has 18 heavy (non-hydrogen) atoms. The SMILES string of the molecule is C[N+](C)(CCCNC(=O)NCl)CCCS(=O)(=O)[O-]. The highest BCUT2D eigenvalue weighted by Crippen LogP contribution is 2.02. The monoisotopic (exact) mass is 301 g/mol. The predicted octanol–water partition coefficient (Wildman–Crippen LogP) is -0.159. The minimum atomic E-state index is -4.13. The van der Waals surface area contributed by atoms with Gasteiger partial charge in [-0.2, -0.15) is 0 Å². The van der Waals surface area contributed by atoms with Gasteiger partial charge in [0.1, 0.15) is 0 Å². The van der Waals surface area contributed by atoms with Gasteiger partial charge in [-0.15, -0.1) is 0 Å². The molecule has 0 fully saturated rings. The maximum absolute atomic E-state index is 10.8. The second kappa shape index (κ2) is 7.78. The first-order valence-corrected chi connectivity index (χ1v) is 7.52. The van der Waals surface area contributed by atoms with Crippen LogP contribution in [0.15, 0.2) is 0 Å². The van der Waals surface area contributed by atoms with Crippen molar-refractivity contribution in [3.8, 4) is 0 Å². The lowest BCUT2D eigenvalue weighted by molar-refractivity contribution is -0.890. The van der Waals surface area contributed by atoms with Gasteiger partial charge in [-0.3, -0.25) is 0 Å². The van der Waals surface area contributed by atoms with Crippen molar-refractivity contribution in [1.29, 1.82) is 0 Å². The van der Waals surface area contributed by atoms with Gasteiger partial charge in [-0.05, 0) is 0 Å². The number of halogens is 1. The fourth-order valence-corrected chi connectivity index (χ4v) is 2.07. The van der Waals surface area contributed by atoms with Crippen molar-refractivity contribution >= 4 is 27.9 Å². The normalized spacial score (nSPS) is 12.2. The van der Waals surface area contributed by atoms with Crippen LogP contribution in [0.2, 0.25) is 0 Å². The van der Waals surface area contributed by atoms with E-state index in [9.17, 15) is 17.8 Å². The first-order valence-electron chi connectivity index (χ1n) is 5.56. The fraction of sp³-hybridized carbons (Fsp3) is 0.889. The average molecular weight is 302 g/mol. The Morgan fingerprint density at radius 3 is 2.33 bits per heavy atom. The highest BCUT2D eigenvalue weighted by atomic mass is 35.5. The Bertz CT molecular complexity index is 359. The summed E-state index contributed by atoms with van der Waals surface area (Å²) in [5.74, 6) is -0.332. The Labute approximate surface area is 113 Å². The Balaban J connectivity index is 3.76. The van der Waals surface area contributed by atoms with E-state index in [1.165, 1.54) is 0 Å². The third-order valence-electron chi connectivity index (χ3n) is 2.47. The number of amides is 2. The molecule has 0 radical (unpaired) electrons.